The first-order valence-electron chi connectivity index (χ1n) is 27.4. The molecule has 1 saturated heterocycles. The van der Waals surface area contributed by atoms with Crippen molar-refractivity contribution in [2.75, 3.05) is 6.61 Å². The standard InChI is InChI=1S/C53H98N2O14/c1-4-7-10-13-16-19-22-25-28-31-40(57)36-45(60)54-43(52(65)66)34-35-47(62)69-53-49(55-46(61)37-41(58)32-29-26-23-20-17-14-11-8-5-2)51(50(64)44(39-56)67-53)68-48(63)38-42(59)33-30-27-24-21-18-15-12-9-6-3/h40-44,49-51,53,56-59,64H,4-39H2,1-3H3,(H,54,60)(H,55,61)(H,65,66)/t40-,41-,42-,43+,44-,49-,50-,51-,53-/m1/s1. The minimum Gasteiger partial charge on any atom is -0.480 e. The largest absolute Gasteiger partial charge is 0.480 e. The minimum absolute atomic E-state index is 0.308. The van der Waals surface area contributed by atoms with Crippen LogP contribution in [-0.4, -0.2) is 122 Å². The molecule has 16 nitrogen and oxygen atoms in total. The molecule has 1 heterocycles. The lowest BCUT2D eigenvalue weighted by molar-refractivity contribution is -0.267. The van der Waals surface area contributed by atoms with Crippen LogP contribution in [-0.2, 0) is 38.2 Å². The third-order valence-corrected chi connectivity index (χ3v) is 13.1. The first kappa shape index (κ1) is 64.1. The Kier molecular flexibility index (Phi) is 38.8. The fraction of sp³-hybridized carbons (Fsp3) is 0.906. The molecule has 2 amide bonds. The van der Waals surface area contributed by atoms with E-state index in [1.165, 1.54) is 83.5 Å². The Balaban J connectivity index is 2.94. The van der Waals surface area contributed by atoms with Crippen molar-refractivity contribution < 1.29 is 68.8 Å². The number of aliphatic hydroxyl groups is 5. The zero-order valence-corrected chi connectivity index (χ0v) is 43.1. The number of carbonyl (C=O) groups is 5. The van der Waals surface area contributed by atoms with Gasteiger partial charge in [0.05, 0.1) is 44.2 Å². The Labute approximate surface area is 415 Å². The Morgan fingerprint density at radius 2 is 0.913 bits per heavy atom. The highest BCUT2D eigenvalue weighted by molar-refractivity contribution is 5.84. The highest BCUT2D eigenvalue weighted by Gasteiger charge is 2.50. The SMILES string of the molecule is CCCCCCCCCCC[C@@H](O)CC(=O)N[C@H]1[C@@H](OC(=O)CC[C@H](NC(=O)C[C@H](O)CCCCCCCCCCC)C(=O)O)O[C@H](CO)[C@@H](O)[C@@H]1OC(=O)C[C@H](O)CCCCCCCCCCC. The first-order valence-corrected chi connectivity index (χ1v) is 27.4. The quantitative estimate of drug-likeness (QED) is 0.0211. The Morgan fingerprint density at radius 1 is 0.522 bits per heavy atom. The molecule has 16 heteroatoms. The van der Waals surface area contributed by atoms with Crippen LogP contribution in [0.3, 0.4) is 0 Å². The normalized spacial score (nSPS) is 19.9. The van der Waals surface area contributed by atoms with Gasteiger partial charge in [0.1, 0.15) is 24.3 Å². The molecule has 0 aromatic rings. The third kappa shape index (κ3) is 32.7. The van der Waals surface area contributed by atoms with Crippen molar-refractivity contribution in [3.8, 4) is 0 Å². The van der Waals surface area contributed by atoms with Crippen LogP contribution in [0.15, 0.2) is 0 Å². The second-order valence-corrected chi connectivity index (χ2v) is 19.7. The smallest absolute Gasteiger partial charge is 0.326 e. The van der Waals surface area contributed by atoms with Gasteiger partial charge in [0.25, 0.3) is 0 Å². The summed E-state index contributed by atoms with van der Waals surface area (Å²) in [5, 5.41) is 68.2. The van der Waals surface area contributed by atoms with Crippen molar-refractivity contribution in [2.45, 2.75) is 300 Å². The van der Waals surface area contributed by atoms with Crippen molar-refractivity contribution >= 4 is 29.7 Å². The van der Waals surface area contributed by atoms with E-state index in [0.717, 1.165) is 77.0 Å². The molecular formula is C53H98N2O14. The monoisotopic (exact) mass is 987 g/mol. The summed E-state index contributed by atoms with van der Waals surface area (Å²) in [6.45, 7) is 5.73. The second-order valence-electron chi connectivity index (χ2n) is 19.7. The summed E-state index contributed by atoms with van der Waals surface area (Å²) in [4.78, 5) is 64.9. The van der Waals surface area contributed by atoms with Gasteiger partial charge in [0.2, 0.25) is 18.1 Å². The molecule has 0 saturated carbocycles. The molecule has 0 aromatic carbocycles. The van der Waals surface area contributed by atoms with Gasteiger partial charge in [-0.05, 0) is 25.7 Å². The van der Waals surface area contributed by atoms with Gasteiger partial charge in [0, 0.05) is 6.42 Å². The molecule has 0 bridgehead atoms. The van der Waals surface area contributed by atoms with Gasteiger partial charge in [-0.25, -0.2) is 4.79 Å². The van der Waals surface area contributed by atoms with Crippen molar-refractivity contribution in [3.05, 3.63) is 0 Å². The second kappa shape index (κ2) is 41.7. The number of esters is 2. The van der Waals surface area contributed by atoms with Gasteiger partial charge in [-0.3, -0.25) is 19.2 Å². The van der Waals surface area contributed by atoms with Gasteiger partial charge >= 0.3 is 17.9 Å². The molecule has 1 aliphatic heterocycles. The maximum absolute atomic E-state index is 13.4. The van der Waals surface area contributed by atoms with Gasteiger partial charge in [-0.2, -0.15) is 0 Å². The molecule has 0 unspecified atom stereocenters. The first-order chi connectivity index (χ1) is 33.3. The lowest BCUT2D eigenvalue weighted by Crippen LogP contribution is -2.66. The zero-order chi connectivity index (χ0) is 51.1. The van der Waals surface area contributed by atoms with Gasteiger partial charge in [-0.1, -0.05) is 194 Å². The lowest BCUT2D eigenvalue weighted by atomic mass is 9.96. The molecule has 1 fully saturated rings. The van der Waals surface area contributed by atoms with E-state index in [1.54, 1.807) is 0 Å². The highest BCUT2D eigenvalue weighted by atomic mass is 16.7. The van der Waals surface area contributed by atoms with E-state index in [2.05, 4.69) is 31.4 Å². The van der Waals surface area contributed by atoms with Gasteiger partial charge < -0.3 is 55.5 Å². The van der Waals surface area contributed by atoms with Crippen molar-refractivity contribution in [1.29, 1.82) is 0 Å². The number of aliphatic hydroxyl groups excluding tert-OH is 5. The van der Waals surface area contributed by atoms with Gasteiger partial charge in [0.15, 0.2) is 6.10 Å². The number of carboxylic acids is 1. The molecule has 69 heavy (non-hydrogen) atoms. The maximum atomic E-state index is 13.4. The minimum atomic E-state index is -1.75. The van der Waals surface area contributed by atoms with E-state index in [-0.39, 0.29) is 12.8 Å². The number of hydrogen-bond donors (Lipinski definition) is 8. The number of aliphatic carboxylic acids is 1. The molecule has 1 aliphatic rings. The average molecular weight is 987 g/mol. The highest BCUT2D eigenvalue weighted by Crippen LogP contribution is 2.27. The van der Waals surface area contributed by atoms with Crippen molar-refractivity contribution in [3.63, 3.8) is 0 Å². The van der Waals surface area contributed by atoms with Crippen LogP contribution in [0.5, 0.6) is 0 Å². The van der Waals surface area contributed by atoms with E-state index < -0.39 is 111 Å². The number of ether oxygens (including phenoxy) is 3. The molecule has 1 rings (SSSR count). The molecular weight excluding hydrogens is 889 g/mol. The fourth-order valence-corrected chi connectivity index (χ4v) is 8.87. The number of rotatable bonds is 45. The average Bonchev–Trinajstić information content (AvgIpc) is 3.30. The van der Waals surface area contributed by atoms with Crippen LogP contribution in [0.1, 0.15) is 245 Å². The van der Waals surface area contributed by atoms with E-state index in [1.807, 2.05) is 0 Å². The molecule has 8 N–H and O–H groups in total. The number of carboxylic acid groups (broad SMARTS) is 1. The summed E-state index contributed by atoms with van der Waals surface area (Å²) in [6, 6.07) is -3.05. The Bertz CT molecular complexity index is 1340. The van der Waals surface area contributed by atoms with Crippen molar-refractivity contribution in [2.24, 2.45) is 0 Å². The van der Waals surface area contributed by atoms with Crippen LogP contribution in [0.25, 0.3) is 0 Å². The molecule has 0 spiro atoms. The van der Waals surface area contributed by atoms with Gasteiger partial charge in [-0.15, -0.1) is 0 Å². The molecule has 0 aliphatic carbocycles. The van der Waals surface area contributed by atoms with Crippen LogP contribution in [0, 0.1) is 0 Å². The summed E-state index contributed by atoms with van der Waals surface area (Å²) in [6.07, 6.45) is 18.8. The van der Waals surface area contributed by atoms with E-state index in [0.29, 0.717) is 32.1 Å². The molecule has 9 atom stereocenters. The van der Waals surface area contributed by atoms with Crippen LogP contribution < -0.4 is 10.6 Å². The maximum Gasteiger partial charge on any atom is 0.326 e. The molecule has 404 valence electrons. The topological polar surface area (TPSA) is 258 Å². The van der Waals surface area contributed by atoms with Crippen LogP contribution in [0.2, 0.25) is 0 Å². The Morgan fingerprint density at radius 3 is 1.32 bits per heavy atom. The molecule has 0 radical (unpaired) electrons. The number of hydrogen-bond acceptors (Lipinski definition) is 13. The lowest BCUT2D eigenvalue weighted by Gasteiger charge is -2.43. The predicted octanol–water partition coefficient (Wildman–Crippen LogP) is 8.37. The van der Waals surface area contributed by atoms with E-state index in [9.17, 15) is 54.6 Å². The van der Waals surface area contributed by atoms with Crippen LogP contribution in [0.4, 0.5) is 0 Å². The third-order valence-electron chi connectivity index (χ3n) is 13.1. The molecule has 0 aromatic heterocycles. The summed E-state index contributed by atoms with van der Waals surface area (Å²) in [5.41, 5.74) is 0. The summed E-state index contributed by atoms with van der Waals surface area (Å²) in [5.74, 6) is -4.76. The summed E-state index contributed by atoms with van der Waals surface area (Å²) < 4.78 is 17.0. The summed E-state index contributed by atoms with van der Waals surface area (Å²) in [7, 11) is 0. The van der Waals surface area contributed by atoms with Crippen LogP contribution >= 0.6 is 0 Å². The van der Waals surface area contributed by atoms with E-state index >= 15 is 0 Å². The predicted molar refractivity (Wildman–Crippen MR) is 266 cm³/mol. The number of carbonyl (C=O) groups excluding carboxylic acids is 4. The van der Waals surface area contributed by atoms with Crippen molar-refractivity contribution in [1.82, 2.24) is 10.6 Å². The Hall–Kier alpha value is -2.89. The summed E-state index contributed by atoms with van der Waals surface area (Å²) >= 11 is 0. The number of unbranched alkanes of at least 4 members (excludes halogenated alkanes) is 24. The zero-order valence-electron chi connectivity index (χ0n) is 43.1. The fourth-order valence-electron chi connectivity index (χ4n) is 8.87. The number of amides is 2. The van der Waals surface area contributed by atoms with E-state index in [4.69, 9.17) is 14.2 Å². The number of nitrogens with one attached hydrogen (secondary N) is 2.